The topological polar surface area (TPSA) is 58.6 Å². The standard InChI is InChI=1S/C25H27ClN2O3/c1-16-8-7-11-20(17(16)2)27-24(29)15-28-21-12-5-6-13-22(21)31-23(25(28)30)14-18-9-3-4-10-19(18)26/h3-6,9-10,12-14,16-17,20H,7-8,11,15H2,1-2H3,(H,27,29)/b23-14+. The number of fused-ring (bicyclic) bond motifs is 1. The monoisotopic (exact) mass is 438 g/mol. The number of amides is 2. The predicted octanol–water partition coefficient (Wildman–Crippen LogP) is 5.05. The smallest absolute Gasteiger partial charge is 0.294 e. The molecular weight excluding hydrogens is 412 g/mol. The van der Waals surface area contributed by atoms with Crippen molar-refractivity contribution < 1.29 is 14.3 Å². The number of nitrogens with one attached hydrogen (secondary N) is 1. The summed E-state index contributed by atoms with van der Waals surface area (Å²) in [6, 6.07) is 14.6. The van der Waals surface area contributed by atoms with Gasteiger partial charge in [0.2, 0.25) is 5.91 Å². The Kier molecular flexibility index (Phi) is 6.33. The number of carbonyl (C=O) groups excluding carboxylic acids is 2. The van der Waals surface area contributed by atoms with Crippen LogP contribution in [0.4, 0.5) is 5.69 Å². The van der Waals surface area contributed by atoms with E-state index in [0.717, 1.165) is 12.8 Å². The maximum absolute atomic E-state index is 13.3. The first-order valence-electron chi connectivity index (χ1n) is 10.8. The van der Waals surface area contributed by atoms with E-state index in [9.17, 15) is 9.59 Å². The third-order valence-electron chi connectivity index (χ3n) is 6.38. The Balaban J connectivity index is 1.58. The maximum atomic E-state index is 13.3. The van der Waals surface area contributed by atoms with Gasteiger partial charge in [0.15, 0.2) is 11.5 Å². The molecule has 0 spiro atoms. The van der Waals surface area contributed by atoms with Crippen molar-refractivity contribution in [3.63, 3.8) is 0 Å². The largest absolute Gasteiger partial charge is 0.449 e. The van der Waals surface area contributed by atoms with Gasteiger partial charge in [-0.05, 0) is 48.1 Å². The fourth-order valence-electron chi connectivity index (χ4n) is 4.33. The van der Waals surface area contributed by atoms with Gasteiger partial charge in [0.1, 0.15) is 6.54 Å². The van der Waals surface area contributed by atoms with Crippen LogP contribution in [0, 0.1) is 11.8 Å². The van der Waals surface area contributed by atoms with Crippen molar-refractivity contribution in [2.45, 2.75) is 39.2 Å². The second-order valence-electron chi connectivity index (χ2n) is 8.43. The number of benzene rings is 2. The van der Waals surface area contributed by atoms with Crippen LogP contribution in [0.25, 0.3) is 6.08 Å². The van der Waals surface area contributed by atoms with Gasteiger partial charge in [0.25, 0.3) is 5.91 Å². The van der Waals surface area contributed by atoms with Crippen molar-refractivity contribution in [1.29, 1.82) is 0 Å². The van der Waals surface area contributed by atoms with Crippen LogP contribution >= 0.6 is 11.6 Å². The van der Waals surface area contributed by atoms with Crippen LogP contribution in [0.2, 0.25) is 5.02 Å². The minimum atomic E-state index is -0.362. The van der Waals surface area contributed by atoms with Gasteiger partial charge in [0.05, 0.1) is 5.69 Å². The molecule has 0 saturated heterocycles. The summed E-state index contributed by atoms with van der Waals surface area (Å²) in [4.78, 5) is 27.7. The second kappa shape index (κ2) is 9.15. The van der Waals surface area contributed by atoms with Crippen LogP contribution in [0.1, 0.15) is 38.7 Å². The van der Waals surface area contributed by atoms with Crippen LogP contribution in [-0.4, -0.2) is 24.4 Å². The van der Waals surface area contributed by atoms with E-state index in [1.54, 1.807) is 24.3 Å². The van der Waals surface area contributed by atoms with Crippen molar-refractivity contribution in [2.75, 3.05) is 11.4 Å². The number of nitrogens with zero attached hydrogens (tertiary/aromatic N) is 1. The Bertz CT molecular complexity index is 1020. The number of hydrogen-bond acceptors (Lipinski definition) is 3. The van der Waals surface area contributed by atoms with Crippen LogP contribution in [0.15, 0.2) is 54.3 Å². The SMILES string of the molecule is CC1CCCC(NC(=O)CN2C(=O)/C(=C\c3ccccc3Cl)Oc3ccccc32)C1C. The molecular formula is C25H27ClN2O3. The Labute approximate surface area is 188 Å². The molecule has 1 heterocycles. The van der Waals surface area contributed by atoms with Gasteiger partial charge >= 0.3 is 0 Å². The highest BCUT2D eigenvalue weighted by Gasteiger charge is 2.33. The second-order valence-corrected chi connectivity index (χ2v) is 8.84. The lowest BCUT2D eigenvalue weighted by molar-refractivity contribution is -0.124. The van der Waals surface area contributed by atoms with Crippen LogP contribution < -0.4 is 15.0 Å². The molecule has 2 aliphatic rings. The molecule has 2 aromatic rings. The molecule has 2 aromatic carbocycles. The Morgan fingerprint density at radius 1 is 1.16 bits per heavy atom. The molecule has 162 valence electrons. The lowest BCUT2D eigenvalue weighted by Gasteiger charge is -2.35. The van der Waals surface area contributed by atoms with E-state index in [1.165, 1.54) is 11.3 Å². The molecule has 1 N–H and O–H groups in total. The number of anilines is 1. The van der Waals surface area contributed by atoms with E-state index in [1.807, 2.05) is 30.3 Å². The molecule has 3 unspecified atom stereocenters. The number of hydrogen-bond donors (Lipinski definition) is 1. The summed E-state index contributed by atoms with van der Waals surface area (Å²) in [7, 11) is 0. The number of ether oxygens (including phenoxy) is 1. The third kappa shape index (κ3) is 4.62. The molecule has 5 nitrogen and oxygen atoms in total. The first-order chi connectivity index (χ1) is 14.9. The molecule has 4 rings (SSSR count). The van der Waals surface area contributed by atoms with Gasteiger partial charge in [0, 0.05) is 11.1 Å². The van der Waals surface area contributed by atoms with Crippen molar-refractivity contribution in [3.05, 3.63) is 64.9 Å². The summed E-state index contributed by atoms with van der Waals surface area (Å²) < 4.78 is 5.88. The Morgan fingerprint density at radius 2 is 1.90 bits per heavy atom. The molecule has 6 heteroatoms. The summed E-state index contributed by atoms with van der Waals surface area (Å²) in [5, 5.41) is 3.68. The van der Waals surface area contributed by atoms with E-state index in [4.69, 9.17) is 16.3 Å². The number of carbonyl (C=O) groups is 2. The number of halogens is 1. The minimum Gasteiger partial charge on any atom is -0.449 e. The van der Waals surface area contributed by atoms with E-state index in [-0.39, 0.29) is 30.2 Å². The first-order valence-corrected chi connectivity index (χ1v) is 11.2. The average Bonchev–Trinajstić information content (AvgIpc) is 2.76. The van der Waals surface area contributed by atoms with Crippen molar-refractivity contribution >= 4 is 35.2 Å². The van der Waals surface area contributed by atoms with Crippen LogP contribution in [0.5, 0.6) is 5.75 Å². The molecule has 1 fully saturated rings. The molecule has 1 saturated carbocycles. The fourth-order valence-corrected chi connectivity index (χ4v) is 4.52. The maximum Gasteiger partial charge on any atom is 0.294 e. The molecule has 0 aromatic heterocycles. The van der Waals surface area contributed by atoms with Gasteiger partial charge in [-0.25, -0.2) is 0 Å². The molecule has 0 radical (unpaired) electrons. The van der Waals surface area contributed by atoms with Gasteiger partial charge in [-0.1, -0.05) is 68.6 Å². The van der Waals surface area contributed by atoms with E-state index >= 15 is 0 Å². The van der Waals surface area contributed by atoms with Crippen LogP contribution in [0.3, 0.4) is 0 Å². The summed E-state index contributed by atoms with van der Waals surface area (Å²) in [6.07, 6.45) is 4.90. The minimum absolute atomic E-state index is 0.0589. The predicted molar refractivity (Wildman–Crippen MR) is 123 cm³/mol. The van der Waals surface area contributed by atoms with Crippen molar-refractivity contribution in [3.8, 4) is 5.75 Å². The Morgan fingerprint density at radius 3 is 2.71 bits per heavy atom. The van der Waals surface area contributed by atoms with Crippen molar-refractivity contribution in [1.82, 2.24) is 5.32 Å². The van der Waals surface area contributed by atoms with Gasteiger partial charge < -0.3 is 10.1 Å². The number of rotatable bonds is 4. The summed E-state index contributed by atoms with van der Waals surface area (Å²) in [6.45, 7) is 4.36. The normalized spacial score (nSPS) is 24.5. The quantitative estimate of drug-likeness (QED) is 0.679. The lowest BCUT2D eigenvalue weighted by Crippen LogP contribution is -2.49. The fraction of sp³-hybridized carbons (Fsp3) is 0.360. The Hall–Kier alpha value is -2.79. The van der Waals surface area contributed by atoms with Gasteiger partial charge in [-0.2, -0.15) is 0 Å². The van der Waals surface area contributed by atoms with Gasteiger partial charge in [-0.15, -0.1) is 0 Å². The highest BCUT2D eigenvalue weighted by molar-refractivity contribution is 6.32. The third-order valence-corrected chi connectivity index (χ3v) is 6.72. The molecule has 1 aliphatic heterocycles. The zero-order valence-corrected chi connectivity index (χ0v) is 18.6. The van der Waals surface area contributed by atoms with E-state index in [0.29, 0.717) is 33.9 Å². The average molecular weight is 439 g/mol. The van der Waals surface area contributed by atoms with E-state index < -0.39 is 0 Å². The molecule has 31 heavy (non-hydrogen) atoms. The molecule has 0 bridgehead atoms. The molecule has 1 aliphatic carbocycles. The van der Waals surface area contributed by atoms with Crippen LogP contribution in [-0.2, 0) is 9.59 Å². The zero-order chi connectivity index (χ0) is 22.0. The first kappa shape index (κ1) is 21.4. The van der Waals surface area contributed by atoms with Gasteiger partial charge in [-0.3, -0.25) is 14.5 Å². The summed E-state index contributed by atoms with van der Waals surface area (Å²) in [5.41, 5.74) is 1.27. The highest BCUT2D eigenvalue weighted by atomic mass is 35.5. The zero-order valence-electron chi connectivity index (χ0n) is 17.8. The van der Waals surface area contributed by atoms with Crippen molar-refractivity contribution in [2.24, 2.45) is 11.8 Å². The number of para-hydroxylation sites is 2. The molecule has 2 amide bonds. The lowest BCUT2D eigenvalue weighted by atomic mass is 9.78. The summed E-state index contributed by atoms with van der Waals surface area (Å²) >= 11 is 6.26. The highest BCUT2D eigenvalue weighted by Crippen LogP contribution is 2.36. The van der Waals surface area contributed by atoms with E-state index in [2.05, 4.69) is 19.2 Å². The molecule has 3 atom stereocenters. The summed E-state index contributed by atoms with van der Waals surface area (Å²) in [5.74, 6) is 1.15.